The number of ether oxygens (including phenoxy) is 1. The quantitative estimate of drug-likeness (QED) is 0.760. The largest absolute Gasteiger partial charge is 0.383 e. The third-order valence-corrected chi connectivity index (χ3v) is 5.76. The second-order valence-corrected chi connectivity index (χ2v) is 7.01. The molecule has 0 aromatic carbocycles. The van der Waals surface area contributed by atoms with Crippen LogP contribution in [0.4, 0.5) is 0 Å². The molecule has 2 rings (SSSR count). The highest BCUT2D eigenvalue weighted by Gasteiger charge is 2.39. The van der Waals surface area contributed by atoms with Crippen LogP contribution in [-0.4, -0.2) is 44.0 Å². The molecule has 6 nitrogen and oxygen atoms in total. The Labute approximate surface area is 125 Å². The summed E-state index contributed by atoms with van der Waals surface area (Å²) in [5.74, 6) is 0.388. The Morgan fingerprint density at radius 1 is 1.57 bits per heavy atom. The van der Waals surface area contributed by atoms with Crippen LogP contribution in [0.25, 0.3) is 0 Å². The average Bonchev–Trinajstić information content (AvgIpc) is 3.31. The zero-order valence-electron chi connectivity index (χ0n) is 12.2. The number of methoxy groups -OCH3 is 1. The molecule has 7 heteroatoms. The first-order chi connectivity index (χ1) is 10.0. The van der Waals surface area contributed by atoms with Gasteiger partial charge in [0.2, 0.25) is 10.0 Å². The number of hydrogen-bond donors (Lipinski definition) is 0. The van der Waals surface area contributed by atoms with E-state index >= 15 is 0 Å². The summed E-state index contributed by atoms with van der Waals surface area (Å²) in [6.07, 6.45) is 3.50. The van der Waals surface area contributed by atoms with E-state index in [1.165, 1.54) is 29.7 Å². The molecule has 0 aliphatic heterocycles. The van der Waals surface area contributed by atoms with E-state index in [0.29, 0.717) is 12.5 Å². The first-order valence-electron chi connectivity index (χ1n) is 6.88. The molecule has 1 aromatic heterocycles. The Hall–Kier alpha value is -1.49. The molecule has 0 spiro atoms. The highest BCUT2D eigenvalue weighted by atomic mass is 32.2. The molecule has 114 valence electrons. The normalized spacial score (nSPS) is 16.7. The second kappa shape index (κ2) is 6.52. The number of hydrogen-bond acceptors (Lipinski definition) is 5. The zero-order chi connectivity index (χ0) is 15.5. The van der Waals surface area contributed by atoms with Gasteiger partial charge in [0.25, 0.3) is 0 Å². The highest BCUT2D eigenvalue weighted by molar-refractivity contribution is 7.89. The summed E-state index contributed by atoms with van der Waals surface area (Å²) in [4.78, 5) is 3.82. The highest BCUT2D eigenvalue weighted by Crippen LogP contribution is 2.37. The number of nitrogens with zero attached hydrogens (tertiary/aromatic N) is 3. The van der Waals surface area contributed by atoms with Crippen LogP contribution in [0, 0.1) is 17.2 Å². The lowest BCUT2D eigenvalue weighted by Gasteiger charge is -2.28. The number of aromatic nitrogens is 1. The van der Waals surface area contributed by atoms with Crippen molar-refractivity contribution in [3.63, 3.8) is 0 Å². The zero-order valence-corrected chi connectivity index (χ0v) is 13.0. The predicted octanol–water partition coefficient (Wildman–Crippen LogP) is 1.39. The number of sulfonamides is 1. The van der Waals surface area contributed by atoms with Crippen LogP contribution in [0.3, 0.4) is 0 Å². The minimum atomic E-state index is -3.75. The summed E-state index contributed by atoms with van der Waals surface area (Å²) >= 11 is 0. The molecule has 1 aromatic rings. The van der Waals surface area contributed by atoms with Crippen LogP contribution < -0.4 is 0 Å². The average molecular weight is 309 g/mol. The van der Waals surface area contributed by atoms with Gasteiger partial charge in [-0.25, -0.2) is 13.4 Å². The topological polar surface area (TPSA) is 83.3 Å². The number of rotatable bonds is 7. The second-order valence-electron chi connectivity index (χ2n) is 5.15. The Bertz CT molecular complexity index is 635. The van der Waals surface area contributed by atoms with Gasteiger partial charge >= 0.3 is 0 Å². The van der Waals surface area contributed by atoms with Crippen molar-refractivity contribution >= 4 is 10.0 Å². The molecule has 1 fully saturated rings. The van der Waals surface area contributed by atoms with E-state index in [1.807, 2.05) is 13.0 Å². The van der Waals surface area contributed by atoms with Gasteiger partial charge in [0.05, 0.1) is 6.61 Å². The van der Waals surface area contributed by atoms with E-state index < -0.39 is 10.0 Å². The van der Waals surface area contributed by atoms with Gasteiger partial charge in [0.1, 0.15) is 11.0 Å². The minimum Gasteiger partial charge on any atom is -0.383 e. The van der Waals surface area contributed by atoms with Crippen molar-refractivity contribution in [1.29, 1.82) is 5.26 Å². The van der Waals surface area contributed by atoms with E-state index in [9.17, 15) is 8.42 Å². The molecule has 1 aliphatic carbocycles. The van der Waals surface area contributed by atoms with Gasteiger partial charge in [-0.1, -0.05) is 0 Å². The van der Waals surface area contributed by atoms with Gasteiger partial charge in [-0.2, -0.15) is 9.57 Å². The van der Waals surface area contributed by atoms with Crippen LogP contribution in [0.1, 0.15) is 25.5 Å². The van der Waals surface area contributed by atoms with Crippen molar-refractivity contribution in [2.75, 3.05) is 20.3 Å². The Kier molecular flexibility index (Phi) is 4.93. The lowest BCUT2D eigenvalue weighted by molar-refractivity contribution is 0.164. The summed E-state index contributed by atoms with van der Waals surface area (Å²) < 4.78 is 32.2. The van der Waals surface area contributed by atoms with E-state index in [1.54, 1.807) is 0 Å². The molecule has 0 N–H and O–H groups in total. The molecule has 0 amide bonds. The number of nitriles is 1. The maximum absolute atomic E-state index is 12.9. The van der Waals surface area contributed by atoms with Crippen molar-refractivity contribution in [3.8, 4) is 6.07 Å². The van der Waals surface area contributed by atoms with E-state index in [0.717, 1.165) is 12.8 Å². The molecule has 0 radical (unpaired) electrons. The molecule has 21 heavy (non-hydrogen) atoms. The van der Waals surface area contributed by atoms with Crippen molar-refractivity contribution in [3.05, 3.63) is 24.0 Å². The Balaban J connectivity index is 2.38. The van der Waals surface area contributed by atoms with E-state index in [2.05, 4.69) is 4.98 Å². The van der Waals surface area contributed by atoms with Gasteiger partial charge in [-0.3, -0.25) is 0 Å². The van der Waals surface area contributed by atoms with Crippen LogP contribution in [0.2, 0.25) is 0 Å². The molecule has 1 unspecified atom stereocenters. The van der Waals surface area contributed by atoms with Crippen molar-refractivity contribution in [2.45, 2.75) is 30.7 Å². The fourth-order valence-corrected chi connectivity index (χ4v) is 4.12. The van der Waals surface area contributed by atoms with Crippen molar-refractivity contribution < 1.29 is 13.2 Å². The third kappa shape index (κ3) is 3.40. The van der Waals surface area contributed by atoms with Crippen molar-refractivity contribution in [2.24, 2.45) is 5.92 Å². The van der Waals surface area contributed by atoms with Crippen molar-refractivity contribution in [1.82, 2.24) is 9.29 Å². The molecular weight excluding hydrogens is 290 g/mol. The Morgan fingerprint density at radius 3 is 2.86 bits per heavy atom. The summed E-state index contributed by atoms with van der Waals surface area (Å²) in [7, 11) is -2.21. The van der Waals surface area contributed by atoms with Crippen LogP contribution in [0.5, 0.6) is 0 Å². The van der Waals surface area contributed by atoms with Gasteiger partial charge in [0.15, 0.2) is 5.69 Å². The predicted molar refractivity (Wildman–Crippen MR) is 76.9 cm³/mol. The van der Waals surface area contributed by atoms with Crippen LogP contribution in [-0.2, 0) is 14.8 Å². The smallest absolute Gasteiger partial charge is 0.246 e. The lowest BCUT2D eigenvalue weighted by atomic mass is 10.2. The van der Waals surface area contributed by atoms with Gasteiger partial charge in [-0.15, -0.1) is 0 Å². The summed E-state index contributed by atoms with van der Waals surface area (Å²) in [6, 6.07) is 4.71. The maximum atomic E-state index is 12.9. The maximum Gasteiger partial charge on any atom is 0.246 e. The molecule has 1 atom stereocenters. The lowest BCUT2D eigenvalue weighted by Crippen LogP contribution is -2.42. The molecular formula is C14H19N3O3S. The molecule has 1 aliphatic rings. The fourth-order valence-electron chi connectivity index (χ4n) is 2.35. The molecule has 0 saturated heterocycles. The molecule has 0 bridgehead atoms. The third-order valence-electron chi connectivity index (χ3n) is 3.74. The summed E-state index contributed by atoms with van der Waals surface area (Å²) in [5, 5.41) is 9.08. The van der Waals surface area contributed by atoms with Gasteiger partial charge in [0, 0.05) is 25.9 Å². The van der Waals surface area contributed by atoms with Crippen LogP contribution >= 0.6 is 0 Å². The first-order valence-corrected chi connectivity index (χ1v) is 8.32. The van der Waals surface area contributed by atoms with Crippen LogP contribution in [0.15, 0.2) is 23.2 Å². The van der Waals surface area contributed by atoms with E-state index in [4.69, 9.17) is 10.00 Å². The fraction of sp³-hybridized carbons (Fsp3) is 0.571. The summed E-state index contributed by atoms with van der Waals surface area (Å²) in [6.45, 7) is 2.50. The monoisotopic (exact) mass is 309 g/mol. The Morgan fingerprint density at radius 2 is 2.29 bits per heavy atom. The van der Waals surface area contributed by atoms with E-state index in [-0.39, 0.29) is 23.2 Å². The van der Waals surface area contributed by atoms with Gasteiger partial charge in [-0.05, 0) is 37.8 Å². The minimum absolute atomic E-state index is 0.0314. The standard InChI is InChI=1S/C14H19N3O3S/c1-11(12-5-6-12)17(8-9-20-2)21(18,19)14-4-3-7-16-13(14)10-15/h3-4,7,11-12H,5-6,8-9H2,1-2H3. The number of pyridine rings is 1. The SMILES string of the molecule is COCCN(C(C)C1CC1)S(=O)(=O)c1cccnc1C#N. The molecule has 1 saturated carbocycles. The first kappa shape index (κ1) is 15.9. The van der Waals surface area contributed by atoms with Gasteiger partial charge < -0.3 is 4.74 Å². The molecule has 1 heterocycles. The summed E-state index contributed by atoms with van der Waals surface area (Å²) in [5.41, 5.74) is -0.0667.